The minimum absolute atomic E-state index is 0.0591. The Hall–Kier alpha value is -2.87. The van der Waals surface area contributed by atoms with Crippen LogP contribution in [0.3, 0.4) is 0 Å². The zero-order valence-electron chi connectivity index (χ0n) is 15.3. The molecule has 0 bridgehead atoms. The number of nitrogens with zero attached hydrogens (tertiary/aromatic N) is 3. The van der Waals surface area contributed by atoms with Gasteiger partial charge in [-0.2, -0.15) is 5.10 Å². The summed E-state index contributed by atoms with van der Waals surface area (Å²) >= 11 is 3.54. The van der Waals surface area contributed by atoms with Crippen LogP contribution in [0, 0.1) is 10.1 Å². The molecule has 0 amide bonds. The topological polar surface area (TPSA) is 82.2 Å². The van der Waals surface area contributed by atoms with Gasteiger partial charge in [-0.15, -0.1) is 0 Å². The Kier molecular flexibility index (Phi) is 5.04. The second kappa shape index (κ2) is 7.63. The summed E-state index contributed by atoms with van der Waals surface area (Å²) in [4.78, 5) is 10.6. The fourth-order valence-electron chi connectivity index (χ4n) is 3.49. The van der Waals surface area contributed by atoms with Crippen LogP contribution in [-0.2, 0) is 6.42 Å². The summed E-state index contributed by atoms with van der Waals surface area (Å²) in [6.07, 6.45) is 3.04. The lowest BCUT2D eigenvalue weighted by Gasteiger charge is -2.09. The molecule has 1 aliphatic heterocycles. The molecule has 0 spiro atoms. The smallest absolute Gasteiger partial charge is 0.269 e. The van der Waals surface area contributed by atoms with Crippen molar-refractivity contribution in [1.29, 1.82) is 0 Å². The Morgan fingerprint density at radius 3 is 2.71 bits per heavy atom. The molecule has 0 radical (unpaired) electrons. The van der Waals surface area contributed by atoms with E-state index in [4.69, 9.17) is 9.84 Å². The van der Waals surface area contributed by atoms with Crippen LogP contribution in [0.2, 0.25) is 0 Å². The Morgan fingerprint density at radius 1 is 1.21 bits per heavy atom. The van der Waals surface area contributed by atoms with Gasteiger partial charge in [-0.05, 0) is 49.6 Å². The number of benzene rings is 2. The number of nitro groups is 1. The number of non-ortho nitro benzene ring substituents is 1. The minimum Gasteiger partial charge on any atom is -0.496 e. The number of ether oxygens (including phenoxy) is 1. The lowest BCUT2D eigenvalue weighted by atomic mass is 10.0. The number of halogens is 1. The minimum atomic E-state index is -0.399. The second-order valence-electron chi connectivity index (χ2n) is 6.59. The van der Waals surface area contributed by atoms with Gasteiger partial charge in [0.05, 0.1) is 17.7 Å². The van der Waals surface area contributed by atoms with Crippen molar-refractivity contribution in [1.82, 2.24) is 9.78 Å². The maximum absolute atomic E-state index is 11.0. The van der Waals surface area contributed by atoms with E-state index in [-0.39, 0.29) is 5.69 Å². The molecule has 2 aromatic carbocycles. The molecular weight excluding hydrogens is 424 g/mol. The second-order valence-corrected chi connectivity index (χ2v) is 7.51. The Bertz CT molecular complexity index is 1030. The standard InChI is InChI=1S/C20H19BrN4O3/c1-28-18-10-5-13(21)12-17(18)19-16-4-2-3-11-22-20(16)24(23-19)14-6-8-15(9-7-14)25(26)27/h5-10,12,22H,2-4,11H2,1H3. The van der Waals surface area contributed by atoms with Crippen LogP contribution in [0.25, 0.3) is 16.9 Å². The van der Waals surface area contributed by atoms with Gasteiger partial charge in [0, 0.05) is 34.3 Å². The van der Waals surface area contributed by atoms with Gasteiger partial charge in [0.15, 0.2) is 0 Å². The first-order chi connectivity index (χ1) is 13.6. The fourth-order valence-corrected chi connectivity index (χ4v) is 3.85. The van der Waals surface area contributed by atoms with Crippen molar-refractivity contribution in [3.63, 3.8) is 0 Å². The van der Waals surface area contributed by atoms with Gasteiger partial charge < -0.3 is 10.1 Å². The van der Waals surface area contributed by atoms with Crippen molar-refractivity contribution in [2.24, 2.45) is 0 Å². The fraction of sp³-hybridized carbons (Fsp3) is 0.250. The molecule has 28 heavy (non-hydrogen) atoms. The van der Waals surface area contributed by atoms with Crippen LogP contribution in [-0.4, -0.2) is 28.4 Å². The van der Waals surface area contributed by atoms with Crippen molar-refractivity contribution >= 4 is 27.4 Å². The number of methoxy groups -OCH3 is 1. The third-order valence-electron chi connectivity index (χ3n) is 4.85. The molecule has 1 N–H and O–H groups in total. The Morgan fingerprint density at radius 2 is 2.00 bits per heavy atom. The molecule has 0 unspecified atom stereocenters. The van der Waals surface area contributed by atoms with Gasteiger partial charge in [0.2, 0.25) is 0 Å². The van der Waals surface area contributed by atoms with Crippen LogP contribution in [0.15, 0.2) is 46.9 Å². The number of aromatic nitrogens is 2. The van der Waals surface area contributed by atoms with Crippen molar-refractivity contribution in [2.45, 2.75) is 19.3 Å². The molecule has 3 aromatic rings. The van der Waals surface area contributed by atoms with Crippen LogP contribution < -0.4 is 10.1 Å². The molecule has 0 atom stereocenters. The lowest BCUT2D eigenvalue weighted by molar-refractivity contribution is -0.384. The molecule has 2 heterocycles. The molecule has 0 saturated carbocycles. The zero-order chi connectivity index (χ0) is 19.7. The number of fused-ring (bicyclic) bond motifs is 1. The lowest BCUT2D eigenvalue weighted by Crippen LogP contribution is -2.07. The maximum atomic E-state index is 11.0. The summed E-state index contributed by atoms with van der Waals surface area (Å²) in [7, 11) is 1.65. The number of anilines is 1. The highest BCUT2D eigenvalue weighted by molar-refractivity contribution is 9.10. The first-order valence-corrected chi connectivity index (χ1v) is 9.82. The molecule has 144 valence electrons. The number of hydrogen-bond donors (Lipinski definition) is 1. The summed E-state index contributed by atoms with van der Waals surface area (Å²) in [5.41, 5.74) is 3.74. The SMILES string of the molecule is COc1ccc(Br)cc1-c1nn(-c2ccc([N+](=O)[O-])cc2)c2c1CCCCN2. The highest BCUT2D eigenvalue weighted by Crippen LogP contribution is 2.39. The highest BCUT2D eigenvalue weighted by atomic mass is 79.9. The van der Waals surface area contributed by atoms with E-state index in [9.17, 15) is 10.1 Å². The highest BCUT2D eigenvalue weighted by Gasteiger charge is 2.24. The summed E-state index contributed by atoms with van der Waals surface area (Å²) in [5.74, 6) is 1.69. The Labute approximate surface area is 170 Å². The monoisotopic (exact) mass is 442 g/mol. The van der Waals surface area contributed by atoms with Crippen LogP contribution in [0.5, 0.6) is 5.75 Å². The number of hydrogen-bond acceptors (Lipinski definition) is 5. The van der Waals surface area contributed by atoms with E-state index in [1.807, 2.05) is 22.9 Å². The summed E-state index contributed by atoms with van der Waals surface area (Å²) in [6, 6.07) is 12.3. The van der Waals surface area contributed by atoms with Crippen molar-refractivity contribution in [3.8, 4) is 22.7 Å². The number of nitrogens with one attached hydrogen (secondary N) is 1. The average Bonchev–Trinajstić information content (AvgIpc) is 2.88. The third kappa shape index (κ3) is 3.35. The summed E-state index contributed by atoms with van der Waals surface area (Å²) in [5, 5.41) is 19.3. The first kappa shape index (κ1) is 18.5. The van der Waals surface area contributed by atoms with Crippen LogP contribution >= 0.6 is 15.9 Å². The predicted molar refractivity (Wildman–Crippen MR) is 111 cm³/mol. The number of nitro benzene ring substituents is 1. The molecular formula is C20H19BrN4O3. The first-order valence-electron chi connectivity index (χ1n) is 9.03. The van der Waals surface area contributed by atoms with Crippen LogP contribution in [0.4, 0.5) is 11.5 Å². The van der Waals surface area contributed by atoms with E-state index < -0.39 is 4.92 Å². The Balaban J connectivity index is 1.90. The molecule has 0 fully saturated rings. The van der Waals surface area contributed by atoms with Crippen molar-refractivity contribution < 1.29 is 9.66 Å². The van der Waals surface area contributed by atoms with Crippen molar-refractivity contribution in [2.75, 3.05) is 19.0 Å². The van der Waals surface area contributed by atoms with E-state index in [2.05, 4.69) is 21.2 Å². The largest absolute Gasteiger partial charge is 0.496 e. The molecule has 1 aromatic heterocycles. The van der Waals surface area contributed by atoms with Crippen molar-refractivity contribution in [3.05, 3.63) is 62.6 Å². The van der Waals surface area contributed by atoms with E-state index >= 15 is 0 Å². The van der Waals surface area contributed by atoms with E-state index in [0.29, 0.717) is 0 Å². The van der Waals surface area contributed by atoms with Crippen LogP contribution in [0.1, 0.15) is 18.4 Å². The van der Waals surface area contributed by atoms with E-state index in [1.54, 1.807) is 19.2 Å². The maximum Gasteiger partial charge on any atom is 0.269 e. The van der Waals surface area contributed by atoms with Gasteiger partial charge in [-0.3, -0.25) is 10.1 Å². The molecule has 8 heteroatoms. The molecule has 4 rings (SSSR count). The number of rotatable bonds is 4. The molecule has 0 saturated heterocycles. The van der Waals surface area contributed by atoms with E-state index in [0.717, 1.165) is 64.4 Å². The van der Waals surface area contributed by atoms with Gasteiger partial charge in [-0.25, -0.2) is 4.68 Å². The van der Waals surface area contributed by atoms with Gasteiger partial charge in [-0.1, -0.05) is 15.9 Å². The normalized spacial score (nSPS) is 13.4. The third-order valence-corrected chi connectivity index (χ3v) is 5.34. The quantitative estimate of drug-likeness (QED) is 0.455. The predicted octanol–water partition coefficient (Wildman–Crippen LogP) is 4.97. The molecule has 0 aliphatic carbocycles. The molecule has 7 nitrogen and oxygen atoms in total. The van der Waals surface area contributed by atoms with Gasteiger partial charge in [0.25, 0.3) is 5.69 Å². The van der Waals surface area contributed by atoms with Gasteiger partial charge in [0.1, 0.15) is 17.3 Å². The van der Waals surface area contributed by atoms with E-state index in [1.165, 1.54) is 12.1 Å². The molecule has 1 aliphatic rings. The average molecular weight is 443 g/mol. The summed E-state index contributed by atoms with van der Waals surface area (Å²) < 4.78 is 8.35. The van der Waals surface area contributed by atoms with Gasteiger partial charge >= 0.3 is 0 Å². The zero-order valence-corrected chi connectivity index (χ0v) is 16.9. The summed E-state index contributed by atoms with van der Waals surface area (Å²) in [6.45, 7) is 0.862.